The van der Waals surface area contributed by atoms with Gasteiger partial charge in [-0.1, -0.05) is 228 Å². The van der Waals surface area contributed by atoms with Gasteiger partial charge in [0.15, 0.2) is 14.3 Å². The van der Waals surface area contributed by atoms with Crippen molar-refractivity contribution in [2.24, 2.45) is 0 Å². The molecular weight excluding hydrogens is 819 g/mol. The normalized spacial score (nSPS) is 13.3. The fourth-order valence-corrected chi connectivity index (χ4v) is 15.8. The molecule has 0 aromatic heterocycles. The molecule has 5 heteroatoms. The Labute approximate surface area is 379 Å². The van der Waals surface area contributed by atoms with Gasteiger partial charge in [-0.25, -0.2) is 0 Å². The minimum atomic E-state index is -3.35. The van der Waals surface area contributed by atoms with E-state index in [2.05, 4.69) is 85.8 Å². The lowest BCUT2D eigenvalue weighted by atomic mass is 9.70. The molecular formula is C59H54O3P2. The molecule has 0 heterocycles. The standard InChI is InChI=1S/C59H54O3P2/c1-2-3-4-5-6-7-8-23-40-62-44-34-39-56-54(41-44)51-32-21-22-33-55(51)59(56)57-42-49(63(60,45-24-13-9-14-25-45)46-26-15-10-16-27-46)35-37-52(57)53-38-36-50(43-58(53)59)64(61,47-28-17-11-18-29-47)48-30-19-12-20-31-48/h9-22,24-39,41-43H,2-8,23,40H2,1H3. The number of fused-ring (bicyclic) bond motifs is 10. The molecule has 8 aromatic rings. The topological polar surface area (TPSA) is 43.4 Å². The van der Waals surface area contributed by atoms with Gasteiger partial charge < -0.3 is 13.9 Å². The molecule has 10 rings (SSSR count). The number of unbranched alkanes of at least 4 members (excludes halogenated alkanes) is 7. The highest BCUT2D eigenvalue weighted by molar-refractivity contribution is 7.85. The number of benzene rings is 8. The van der Waals surface area contributed by atoms with E-state index < -0.39 is 19.7 Å². The second kappa shape index (κ2) is 17.9. The van der Waals surface area contributed by atoms with Crippen LogP contribution in [-0.2, 0) is 14.5 Å². The first-order valence-corrected chi connectivity index (χ1v) is 26.5. The maximum Gasteiger partial charge on any atom is 0.171 e. The average Bonchev–Trinajstić information content (AvgIpc) is 3.82. The van der Waals surface area contributed by atoms with E-state index in [9.17, 15) is 0 Å². The van der Waals surface area contributed by atoms with Crippen LogP contribution in [-0.4, -0.2) is 6.61 Å². The van der Waals surface area contributed by atoms with Crippen LogP contribution < -0.4 is 36.6 Å². The lowest BCUT2D eigenvalue weighted by molar-refractivity contribution is 0.304. The summed E-state index contributed by atoms with van der Waals surface area (Å²) in [5.74, 6) is 0.866. The Morgan fingerprint density at radius 3 is 1.25 bits per heavy atom. The van der Waals surface area contributed by atoms with E-state index in [1.807, 2.05) is 121 Å². The van der Waals surface area contributed by atoms with Gasteiger partial charge in [-0.15, -0.1) is 0 Å². The minimum absolute atomic E-state index is 0.682. The second-order valence-corrected chi connectivity index (χ2v) is 22.9. The van der Waals surface area contributed by atoms with Gasteiger partial charge in [-0.3, -0.25) is 0 Å². The average molecular weight is 873 g/mol. The SMILES string of the molecule is CCCCCCCCCCOc1ccc2c(c1)-c1ccccc1C21c2cc(P(=O)(c3ccccc3)c3ccccc3)ccc2-c2ccc(P(=O)(c3ccccc3)c3ccccc3)cc21. The molecule has 0 unspecified atom stereocenters. The summed E-state index contributed by atoms with van der Waals surface area (Å²) in [7, 11) is -6.69. The Kier molecular flexibility index (Phi) is 11.7. The van der Waals surface area contributed by atoms with Crippen LogP contribution in [0.1, 0.15) is 80.5 Å². The Morgan fingerprint density at radius 2 is 0.766 bits per heavy atom. The predicted molar refractivity (Wildman–Crippen MR) is 270 cm³/mol. The van der Waals surface area contributed by atoms with Crippen molar-refractivity contribution in [2.45, 2.75) is 63.7 Å². The lowest BCUT2D eigenvalue weighted by Crippen LogP contribution is -2.31. The zero-order valence-electron chi connectivity index (χ0n) is 36.5. The van der Waals surface area contributed by atoms with E-state index in [-0.39, 0.29) is 0 Å². The van der Waals surface area contributed by atoms with Gasteiger partial charge in [0.1, 0.15) is 5.75 Å². The van der Waals surface area contributed by atoms with E-state index in [1.54, 1.807) is 0 Å². The van der Waals surface area contributed by atoms with Crippen molar-refractivity contribution >= 4 is 46.1 Å². The first kappa shape index (κ1) is 42.0. The van der Waals surface area contributed by atoms with E-state index in [0.717, 1.165) is 88.5 Å². The third-order valence-corrected chi connectivity index (χ3v) is 19.7. The van der Waals surface area contributed by atoms with E-state index in [4.69, 9.17) is 4.74 Å². The highest BCUT2D eigenvalue weighted by Gasteiger charge is 2.53. The fraction of sp³-hybridized carbons (Fsp3) is 0.186. The molecule has 0 bridgehead atoms. The molecule has 8 aromatic carbocycles. The van der Waals surface area contributed by atoms with Gasteiger partial charge in [0.2, 0.25) is 0 Å². The summed E-state index contributed by atoms with van der Waals surface area (Å²) in [5.41, 5.74) is 8.11. The monoisotopic (exact) mass is 872 g/mol. The van der Waals surface area contributed by atoms with Crippen LogP contribution in [0.4, 0.5) is 0 Å². The van der Waals surface area contributed by atoms with Crippen molar-refractivity contribution in [1.82, 2.24) is 0 Å². The zero-order chi connectivity index (χ0) is 43.6. The van der Waals surface area contributed by atoms with Crippen molar-refractivity contribution < 1.29 is 13.9 Å². The van der Waals surface area contributed by atoms with Gasteiger partial charge >= 0.3 is 0 Å². The molecule has 0 atom stereocenters. The van der Waals surface area contributed by atoms with Gasteiger partial charge in [0.05, 0.1) is 12.0 Å². The third-order valence-electron chi connectivity index (χ3n) is 13.6. The molecule has 0 aliphatic heterocycles. The first-order valence-electron chi connectivity index (χ1n) is 23.1. The summed E-state index contributed by atoms with van der Waals surface area (Å²) < 4.78 is 38.7. The van der Waals surface area contributed by atoms with Crippen molar-refractivity contribution in [1.29, 1.82) is 0 Å². The van der Waals surface area contributed by atoms with Crippen LogP contribution in [0.15, 0.2) is 200 Å². The second-order valence-electron chi connectivity index (χ2n) is 17.3. The molecule has 2 aliphatic carbocycles. The van der Waals surface area contributed by atoms with E-state index in [1.165, 1.54) is 44.9 Å². The van der Waals surface area contributed by atoms with Crippen LogP contribution in [0.2, 0.25) is 0 Å². The quantitative estimate of drug-likeness (QED) is 0.0718. The molecule has 3 nitrogen and oxygen atoms in total. The third kappa shape index (κ3) is 7.06. The lowest BCUT2D eigenvalue weighted by Gasteiger charge is -2.32. The number of hydrogen-bond acceptors (Lipinski definition) is 3. The molecule has 2 aliphatic rings. The minimum Gasteiger partial charge on any atom is -0.494 e. The molecule has 0 fully saturated rings. The van der Waals surface area contributed by atoms with E-state index >= 15 is 9.13 Å². The molecule has 1 spiro atoms. The largest absolute Gasteiger partial charge is 0.494 e. The van der Waals surface area contributed by atoms with Crippen LogP contribution in [0.5, 0.6) is 5.75 Å². The molecule has 0 amide bonds. The number of ether oxygens (including phenoxy) is 1. The van der Waals surface area contributed by atoms with Gasteiger partial charge in [-0.05, 0) is 75.2 Å². The highest BCUT2D eigenvalue weighted by atomic mass is 31.2. The summed E-state index contributed by atoms with van der Waals surface area (Å²) in [6.45, 7) is 2.95. The van der Waals surface area contributed by atoms with Crippen LogP contribution in [0.25, 0.3) is 22.3 Å². The highest BCUT2D eigenvalue weighted by Crippen LogP contribution is 2.64. The molecule has 318 valence electrons. The van der Waals surface area contributed by atoms with E-state index in [0.29, 0.717) is 6.61 Å². The van der Waals surface area contributed by atoms with Crippen molar-refractivity contribution in [3.05, 3.63) is 222 Å². The molecule has 0 saturated heterocycles. The molecule has 0 N–H and O–H groups in total. The van der Waals surface area contributed by atoms with Crippen LogP contribution in [0.3, 0.4) is 0 Å². The Balaban J connectivity index is 1.16. The maximum absolute atomic E-state index is 16.1. The molecule has 0 radical (unpaired) electrons. The number of rotatable bonds is 16. The predicted octanol–water partition coefficient (Wildman–Crippen LogP) is 12.8. The summed E-state index contributed by atoms with van der Waals surface area (Å²) in [6, 6.07) is 68.1. The molecule has 64 heavy (non-hydrogen) atoms. The Morgan fingerprint density at radius 1 is 0.359 bits per heavy atom. The van der Waals surface area contributed by atoms with Crippen molar-refractivity contribution in [2.75, 3.05) is 6.61 Å². The smallest absolute Gasteiger partial charge is 0.171 e. The van der Waals surface area contributed by atoms with Gasteiger partial charge in [0, 0.05) is 31.8 Å². The maximum atomic E-state index is 16.1. The van der Waals surface area contributed by atoms with Crippen LogP contribution in [0, 0.1) is 0 Å². The summed E-state index contributed by atoms with van der Waals surface area (Å²) in [4.78, 5) is 0. The van der Waals surface area contributed by atoms with Gasteiger partial charge in [-0.2, -0.15) is 0 Å². The molecule has 0 saturated carbocycles. The van der Waals surface area contributed by atoms with Gasteiger partial charge in [0.25, 0.3) is 0 Å². The Bertz CT molecular complexity index is 2780. The summed E-state index contributed by atoms with van der Waals surface area (Å²) >= 11 is 0. The van der Waals surface area contributed by atoms with Crippen molar-refractivity contribution in [3.8, 4) is 28.0 Å². The van der Waals surface area contributed by atoms with Crippen LogP contribution >= 0.6 is 14.3 Å². The first-order chi connectivity index (χ1) is 31.5. The van der Waals surface area contributed by atoms with Crippen molar-refractivity contribution in [3.63, 3.8) is 0 Å². The zero-order valence-corrected chi connectivity index (χ0v) is 38.3. The number of hydrogen-bond donors (Lipinski definition) is 0. The summed E-state index contributed by atoms with van der Waals surface area (Å²) in [5, 5.41) is 4.75. The summed E-state index contributed by atoms with van der Waals surface area (Å²) in [6.07, 6.45) is 10.0. The fourth-order valence-electron chi connectivity index (χ4n) is 10.5. The Hall–Kier alpha value is -5.98.